The molecular formula is C39H46N5O8PSi. The van der Waals surface area contributed by atoms with Gasteiger partial charge in [0, 0.05) is 12.5 Å². The van der Waals surface area contributed by atoms with Crippen LogP contribution in [-0.2, 0) is 32.2 Å². The molecule has 0 aliphatic carbocycles. The van der Waals surface area contributed by atoms with Gasteiger partial charge < -0.3 is 33.0 Å². The first-order valence-corrected chi connectivity index (χ1v) is 21.6. The molecule has 2 aromatic heterocycles. The van der Waals surface area contributed by atoms with Gasteiger partial charge in [0.25, 0.3) is 19.8 Å². The summed E-state index contributed by atoms with van der Waals surface area (Å²) in [6, 6.07) is 29.5. The Morgan fingerprint density at radius 3 is 2.02 bits per heavy atom. The molecule has 0 radical (unpaired) electrons. The minimum Gasteiger partial charge on any atom is -0.405 e. The third kappa shape index (κ3) is 6.75. The Kier molecular flexibility index (Phi) is 10.7. The van der Waals surface area contributed by atoms with E-state index in [1.807, 2.05) is 42.5 Å². The number of aromatic nitrogens is 4. The number of nitrogens with one attached hydrogen (secondary N) is 1. The van der Waals surface area contributed by atoms with E-state index in [-0.39, 0.29) is 36.6 Å². The fourth-order valence-electron chi connectivity index (χ4n) is 7.48. The normalized spacial score (nSPS) is 23.1. The number of imidazole rings is 1. The zero-order valence-electron chi connectivity index (χ0n) is 31.2. The fourth-order valence-corrected chi connectivity index (χ4v) is 13.8. The maximum Gasteiger partial charge on any atom is 0.389 e. The summed E-state index contributed by atoms with van der Waals surface area (Å²) in [5.74, 6) is -0.104. The molecule has 1 amide bonds. The minimum absolute atomic E-state index is 0.121. The van der Waals surface area contributed by atoms with Crippen LogP contribution < -0.4 is 15.7 Å². The summed E-state index contributed by atoms with van der Waals surface area (Å²) >= 11 is 0. The van der Waals surface area contributed by atoms with Gasteiger partial charge in [-0.3, -0.25) is 13.9 Å². The van der Waals surface area contributed by atoms with Crippen LogP contribution in [0.5, 0.6) is 0 Å². The second-order valence-corrected chi connectivity index (χ2v) is 20.9. The first-order valence-electron chi connectivity index (χ1n) is 18.1. The molecule has 15 heteroatoms. The van der Waals surface area contributed by atoms with Crippen molar-refractivity contribution in [3.05, 3.63) is 109 Å². The summed E-state index contributed by atoms with van der Waals surface area (Å²) in [6.45, 7) is 12.0. The van der Waals surface area contributed by atoms with Gasteiger partial charge in [-0.2, -0.15) is 0 Å². The molecule has 3 aromatic carbocycles. The van der Waals surface area contributed by atoms with E-state index in [0.29, 0.717) is 16.7 Å². The average molecular weight is 772 g/mol. The molecule has 54 heavy (non-hydrogen) atoms. The van der Waals surface area contributed by atoms with Crippen LogP contribution in [0.4, 0.5) is 5.82 Å². The van der Waals surface area contributed by atoms with Crippen molar-refractivity contribution in [2.45, 2.75) is 76.6 Å². The van der Waals surface area contributed by atoms with Crippen LogP contribution in [0.1, 0.15) is 58.1 Å². The van der Waals surface area contributed by atoms with Crippen LogP contribution in [0.15, 0.2) is 104 Å². The van der Waals surface area contributed by atoms with Gasteiger partial charge in [-0.15, -0.1) is 0 Å². The van der Waals surface area contributed by atoms with Crippen molar-refractivity contribution in [1.82, 2.24) is 19.5 Å². The van der Waals surface area contributed by atoms with Crippen molar-refractivity contribution in [2.75, 3.05) is 25.1 Å². The monoisotopic (exact) mass is 771 g/mol. The van der Waals surface area contributed by atoms with E-state index in [0.717, 1.165) is 10.4 Å². The lowest BCUT2D eigenvalue weighted by molar-refractivity contribution is -0.175. The van der Waals surface area contributed by atoms with Gasteiger partial charge in [0.2, 0.25) is 0 Å². The molecule has 4 heterocycles. The highest BCUT2D eigenvalue weighted by atomic mass is 31.2. The molecule has 5 aromatic rings. The lowest BCUT2D eigenvalue weighted by Crippen LogP contribution is -2.67. The van der Waals surface area contributed by atoms with Gasteiger partial charge in [0.05, 0.1) is 26.1 Å². The molecule has 2 aliphatic heterocycles. The predicted octanol–water partition coefficient (Wildman–Crippen LogP) is 6.28. The van der Waals surface area contributed by atoms with E-state index >= 15 is 0 Å². The number of fused-ring (bicyclic) bond motifs is 2. The van der Waals surface area contributed by atoms with E-state index in [1.54, 1.807) is 55.9 Å². The quantitative estimate of drug-likeness (QED) is 0.107. The van der Waals surface area contributed by atoms with E-state index in [1.165, 1.54) is 6.33 Å². The second kappa shape index (κ2) is 15.2. The van der Waals surface area contributed by atoms with Gasteiger partial charge in [0.1, 0.15) is 24.6 Å². The molecule has 0 unspecified atom stereocenters. The van der Waals surface area contributed by atoms with Gasteiger partial charge in [0.15, 0.2) is 23.2 Å². The van der Waals surface area contributed by atoms with Crippen LogP contribution in [0.2, 0.25) is 5.04 Å². The highest BCUT2D eigenvalue weighted by Gasteiger charge is 2.65. The number of carbonyl (C=O) groups is 1. The number of nitrogens with zero attached hydrogens (tertiary/aromatic N) is 4. The Morgan fingerprint density at radius 1 is 0.870 bits per heavy atom. The summed E-state index contributed by atoms with van der Waals surface area (Å²) in [4.78, 5) is 26.6. The van der Waals surface area contributed by atoms with Crippen LogP contribution in [0, 0.1) is 0 Å². The molecule has 0 bridgehead atoms. The molecule has 2 fully saturated rings. The first-order chi connectivity index (χ1) is 25.9. The second-order valence-electron chi connectivity index (χ2n) is 14.3. The largest absolute Gasteiger partial charge is 0.405 e. The summed E-state index contributed by atoms with van der Waals surface area (Å²) in [5.41, 5.74) is -0.546. The number of rotatable bonds is 13. The number of ether oxygens (including phenoxy) is 3. The van der Waals surface area contributed by atoms with Crippen molar-refractivity contribution >= 4 is 49.2 Å². The summed E-state index contributed by atoms with van der Waals surface area (Å²) in [7, 11) is -6.97. The van der Waals surface area contributed by atoms with Gasteiger partial charge in [-0.25, -0.2) is 15.0 Å². The molecule has 1 N–H and O–H groups in total. The van der Waals surface area contributed by atoms with E-state index in [9.17, 15) is 9.36 Å². The molecule has 284 valence electrons. The third-order valence-corrected chi connectivity index (χ3v) is 17.3. The number of anilines is 1. The molecule has 0 saturated carbocycles. The van der Waals surface area contributed by atoms with Gasteiger partial charge in [-0.1, -0.05) is 99.6 Å². The number of benzene rings is 3. The Labute approximate surface area is 316 Å². The summed E-state index contributed by atoms with van der Waals surface area (Å²) in [6.07, 6.45) is -0.216. The van der Waals surface area contributed by atoms with Crippen molar-refractivity contribution in [1.29, 1.82) is 0 Å². The molecule has 5 atom stereocenters. The minimum atomic E-state index is -3.97. The molecular weight excluding hydrogens is 726 g/mol. The van der Waals surface area contributed by atoms with Crippen LogP contribution in [0.3, 0.4) is 0 Å². The number of hydrogen-bond donors (Lipinski definition) is 1. The van der Waals surface area contributed by atoms with Gasteiger partial charge >= 0.3 is 7.60 Å². The zero-order valence-corrected chi connectivity index (χ0v) is 33.1. The summed E-state index contributed by atoms with van der Waals surface area (Å²) < 4.78 is 54.9. The number of amides is 1. The van der Waals surface area contributed by atoms with E-state index < -0.39 is 46.0 Å². The Hall–Kier alpha value is -4.11. The summed E-state index contributed by atoms with van der Waals surface area (Å²) in [5, 5.41) is 4.78. The van der Waals surface area contributed by atoms with Crippen molar-refractivity contribution in [3.63, 3.8) is 0 Å². The molecule has 2 aliphatic rings. The molecule has 7 rings (SSSR count). The number of hydrogen-bond acceptors (Lipinski definition) is 11. The lowest BCUT2D eigenvalue weighted by Gasteiger charge is -2.43. The zero-order chi connectivity index (χ0) is 38.1. The maximum absolute atomic E-state index is 14.3. The van der Waals surface area contributed by atoms with E-state index in [2.05, 4.69) is 65.3 Å². The Morgan fingerprint density at radius 2 is 1.44 bits per heavy atom. The average Bonchev–Trinajstić information content (AvgIpc) is 3.85. The predicted molar refractivity (Wildman–Crippen MR) is 206 cm³/mol. The lowest BCUT2D eigenvalue weighted by atomic mass is 10.1. The van der Waals surface area contributed by atoms with Gasteiger partial charge in [-0.05, 0) is 41.4 Å². The van der Waals surface area contributed by atoms with Crippen molar-refractivity contribution in [3.8, 4) is 0 Å². The SMILES string of the molecule is CCOP(=O)(OCC)[C@]1(C)O[C@@H]2[C@H](O1)[C@@H](CO[Si](c1ccccc1)(c1ccccc1)C(C)(C)C)O[C@H]2n1cnc2c(NC(=O)c3ccccc3)ncnc21. The molecule has 0 spiro atoms. The highest BCUT2D eigenvalue weighted by Crippen LogP contribution is 2.65. The van der Waals surface area contributed by atoms with Crippen LogP contribution in [-0.4, -0.2) is 77.4 Å². The van der Waals surface area contributed by atoms with Crippen molar-refractivity contribution in [2.24, 2.45) is 0 Å². The maximum atomic E-state index is 14.3. The highest BCUT2D eigenvalue weighted by molar-refractivity contribution is 7.55. The molecule has 13 nitrogen and oxygen atoms in total. The number of carbonyl (C=O) groups excluding carboxylic acids is 1. The van der Waals surface area contributed by atoms with Crippen LogP contribution >= 0.6 is 7.60 Å². The smallest absolute Gasteiger partial charge is 0.389 e. The van der Waals surface area contributed by atoms with Crippen LogP contribution in [0.25, 0.3) is 11.2 Å². The standard InChI is InChI=1S/C39H46N5O8PSi/c1-7-47-53(46,48-8-2)39(6)51-32-30(24-49-54(38(3,4)5,28-20-14-10-15-21-28)29-22-16-11-17-23-29)50-37(33(32)52-39)44-26-42-31-34(40-25-41-35(31)44)43-36(45)27-18-12-9-13-19-27/h9-23,25-26,30,32-33,37H,7-8,24H2,1-6H3,(H,40,41,43,45)/t30-,32-,33-,37-,39+/m1/s1. The Balaban J connectivity index is 1.27. The van der Waals surface area contributed by atoms with E-state index in [4.69, 9.17) is 27.7 Å². The Bertz CT molecular complexity index is 2070. The van der Waals surface area contributed by atoms with Crippen molar-refractivity contribution < 1.29 is 37.0 Å². The fraction of sp³-hybridized carbons (Fsp3) is 0.385. The topological polar surface area (TPSA) is 145 Å². The molecule has 2 saturated heterocycles. The third-order valence-electron chi connectivity index (χ3n) is 9.87. The first kappa shape index (κ1) is 38.2.